The minimum Gasteiger partial charge on any atom is -0.496 e. The van der Waals surface area contributed by atoms with Crippen LogP contribution in [0, 0.1) is 0 Å². The van der Waals surface area contributed by atoms with Crippen molar-refractivity contribution in [3.63, 3.8) is 0 Å². The van der Waals surface area contributed by atoms with E-state index in [1.807, 2.05) is 30.3 Å². The van der Waals surface area contributed by atoms with Gasteiger partial charge in [0.2, 0.25) is 0 Å². The van der Waals surface area contributed by atoms with E-state index in [9.17, 15) is 5.11 Å². The van der Waals surface area contributed by atoms with Gasteiger partial charge >= 0.3 is 0 Å². The lowest BCUT2D eigenvalue weighted by Gasteiger charge is -2.27. The van der Waals surface area contributed by atoms with Crippen molar-refractivity contribution < 1.29 is 14.6 Å². The van der Waals surface area contributed by atoms with Crippen LogP contribution in [0.5, 0.6) is 11.5 Å². The Kier molecular flexibility index (Phi) is 8.65. The average Bonchev–Trinajstić information content (AvgIpc) is 2.68. The van der Waals surface area contributed by atoms with Crippen LogP contribution in [0.2, 0.25) is 0 Å². The van der Waals surface area contributed by atoms with Crippen LogP contribution in [-0.4, -0.2) is 18.8 Å². The van der Waals surface area contributed by atoms with Crippen LogP contribution < -0.4 is 9.47 Å². The van der Waals surface area contributed by atoms with Gasteiger partial charge in [-0.1, -0.05) is 57.4 Å². The first-order valence-corrected chi connectivity index (χ1v) is 10.4. The summed E-state index contributed by atoms with van der Waals surface area (Å²) < 4.78 is 12.0. The van der Waals surface area contributed by atoms with Gasteiger partial charge < -0.3 is 14.6 Å². The molecule has 0 spiro atoms. The van der Waals surface area contributed by atoms with Crippen molar-refractivity contribution in [3.8, 4) is 11.5 Å². The second-order valence-electron chi connectivity index (χ2n) is 7.52. The van der Waals surface area contributed by atoms with E-state index in [4.69, 9.17) is 9.47 Å². The third-order valence-corrected chi connectivity index (χ3v) is 5.89. The lowest BCUT2D eigenvalue weighted by molar-refractivity contribution is 0.279. The number of halogens is 1. The Morgan fingerprint density at radius 1 is 1.00 bits per heavy atom. The predicted octanol–water partition coefficient (Wildman–Crippen LogP) is 6.26. The first kappa shape index (κ1) is 21.8. The van der Waals surface area contributed by atoms with E-state index in [1.54, 1.807) is 7.11 Å². The van der Waals surface area contributed by atoms with E-state index in [2.05, 4.69) is 41.9 Å². The van der Waals surface area contributed by atoms with Crippen LogP contribution in [0.15, 0.2) is 46.9 Å². The van der Waals surface area contributed by atoms with E-state index in [1.165, 1.54) is 24.8 Å². The highest BCUT2D eigenvalue weighted by Gasteiger charge is 2.23. The minimum atomic E-state index is 0.00226. The lowest BCUT2D eigenvalue weighted by atomic mass is 9.79. The molecular formula is C23H31BrO3. The molecule has 0 aliphatic heterocycles. The van der Waals surface area contributed by atoms with Crippen molar-refractivity contribution >= 4 is 15.9 Å². The van der Waals surface area contributed by atoms with Crippen LogP contribution in [0.4, 0.5) is 0 Å². The molecule has 0 fully saturated rings. The average molecular weight is 435 g/mol. The summed E-state index contributed by atoms with van der Waals surface area (Å²) in [6.07, 6.45) is 5.72. The maximum atomic E-state index is 9.61. The SMILES string of the molecule is COc1cc(C(C)(C)CCCCCCOc2ccccc2)cc(CO)c1Br. The molecule has 0 atom stereocenters. The Labute approximate surface area is 171 Å². The van der Waals surface area contributed by atoms with Crippen LogP contribution in [0.3, 0.4) is 0 Å². The minimum absolute atomic E-state index is 0.00226. The van der Waals surface area contributed by atoms with Gasteiger partial charge in [0.05, 0.1) is 24.8 Å². The van der Waals surface area contributed by atoms with E-state index < -0.39 is 0 Å². The van der Waals surface area contributed by atoms with Crippen LogP contribution in [-0.2, 0) is 12.0 Å². The fourth-order valence-electron chi connectivity index (χ4n) is 3.18. The number of para-hydroxylation sites is 1. The summed E-state index contributed by atoms with van der Waals surface area (Å²) in [5.41, 5.74) is 2.12. The zero-order valence-electron chi connectivity index (χ0n) is 16.6. The van der Waals surface area contributed by atoms with E-state index in [-0.39, 0.29) is 12.0 Å². The predicted molar refractivity (Wildman–Crippen MR) is 115 cm³/mol. The van der Waals surface area contributed by atoms with Gasteiger partial charge in [-0.25, -0.2) is 0 Å². The molecule has 3 nitrogen and oxygen atoms in total. The van der Waals surface area contributed by atoms with Gasteiger partial charge in [0.15, 0.2) is 0 Å². The van der Waals surface area contributed by atoms with Gasteiger partial charge in [-0.2, -0.15) is 0 Å². The number of rotatable bonds is 11. The largest absolute Gasteiger partial charge is 0.496 e. The Morgan fingerprint density at radius 2 is 1.70 bits per heavy atom. The Morgan fingerprint density at radius 3 is 2.37 bits per heavy atom. The number of methoxy groups -OCH3 is 1. The second kappa shape index (κ2) is 10.7. The summed E-state index contributed by atoms with van der Waals surface area (Å²) >= 11 is 3.51. The molecule has 0 saturated carbocycles. The van der Waals surface area contributed by atoms with Gasteiger partial charge in [-0.15, -0.1) is 0 Å². The molecule has 0 unspecified atom stereocenters. The van der Waals surface area contributed by atoms with Crippen LogP contribution in [0.25, 0.3) is 0 Å². The van der Waals surface area contributed by atoms with Crippen LogP contribution in [0.1, 0.15) is 57.1 Å². The molecule has 0 radical (unpaired) electrons. The van der Waals surface area contributed by atoms with Gasteiger partial charge in [-0.05, 0) is 63.5 Å². The molecule has 0 aliphatic carbocycles. The van der Waals surface area contributed by atoms with Crippen molar-refractivity contribution in [1.29, 1.82) is 0 Å². The first-order chi connectivity index (χ1) is 13.0. The topological polar surface area (TPSA) is 38.7 Å². The van der Waals surface area contributed by atoms with Crippen molar-refractivity contribution in [1.82, 2.24) is 0 Å². The third-order valence-electron chi connectivity index (χ3n) is 4.99. The summed E-state index contributed by atoms with van der Waals surface area (Å²) in [7, 11) is 1.66. The molecule has 0 bridgehead atoms. The Bertz CT molecular complexity index is 673. The fraction of sp³-hybridized carbons (Fsp3) is 0.478. The smallest absolute Gasteiger partial charge is 0.133 e. The van der Waals surface area contributed by atoms with Crippen molar-refractivity contribution in [2.45, 2.75) is 58.0 Å². The van der Waals surface area contributed by atoms with E-state index in [0.29, 0.717) is 0 Å². The summed E-state index contributed by atoms with van der Waals surface area (Å²) in [6.45, 7) is 5.30. The maximum absolute atomic E-state index is 9.61. The normalized spacial score (nSPS) is 11.4. The highest BCUT2D eigenvalue weighted by atomic mass is 79.9. The molecule has 2 aromatic carbocycles. The molecule has 27 heavy (non-hydrogen) atoms. The van der Waals surface area contributed by atoms with Crippen molar-refractivity contribution in [3.05, 3.63) is 58.1 Å². The number of benzene rings is 2. The van der Waals surface area contributed by atoms with Gasteiger partial charge in [0.25, 0.3) is 0 Å². The van der Waals surface area contributed by atoms with Gasteiger partial charge in [0, 0.05) is 0 Å². The van der Waals surface area contributed by atoms with Gasteiger partial charge in [0.1, 0.15) is 11.5 Å². The highest BCUT2D eigenvalue weighted by Crippen LogP contribution is 2.37. The summed E-state index contributed by atoms with van der Waals surface area (Å²) in [4.78, 5) is 0. The molecule has 0 heterocycles. The number of unbranched alkanes of at least 4 members (excludes halogenated alkanes) is 3. The quantitative estimate of drug-likeness (QED) is 0.424. The number of ether oxygens (including phenoxy) is 2. The first-order valence-electron chi connectivity index (χ1n) is 9.63. The monoisotopic (exact) mass is 434 g/mol. The molecule has 1 N–H and O–H groups in total. The number of aliphatic hydroxyl groups is 1. The zero-order valence-corrected chi connectivity index (χ0v) is 18.2. The molecule has 0 aromatic heterocycles. The molecule has 2 rings (SSSR count). The zero-order chi connectivity index (χ0) is 19.7. The number of hydrogen-bond acceptors (Lipinski definition) is 3. The molecule has 0 saturated heterocycles. The van der Waals surface area contributed by atoms with E-state index in [0.717, 1.165) is 41.0 Å². The molecule has 148 valence electrons. The second-order valence-corrected chi connectivity index (χ2v) is 8.31. The molecule has 4 heteroatoms. The molecule has 2 aromatic rings. The third kappa shape index (κ3) is 6.54. The summed E-state index contributed by atoms with van der Waals surface area (Å²) in [6, 6.07) is 14.1. The Balaban J connectivity index is 1.77. The Hall–Kier alpha value is -1.52. The fourth-order valence-corrected chi connectivity index (χ4v) is 3.70. The number of hydrogen-bond donors (Lipinski definition) is 1. The van der Waals surface area contributed by atoms with Crippen LogP contribution >= 0.6 is 15.9 Å². The molecule has 0 aliphatic rings. The maximum Gasteiger partial charge on any atom is 0.133 e. The number of aliphatic hydroxyl groups excluding tert-OH is 1. The summed E-state index contributed by atoms with van der Waals surface area (Å²) in [5.74, 6) is 1.73. The molecular weight excluding hydrogens is 404 g/mol. The molecule has 0 amide bonds. The lowest BCUT2D eigenvalue weighted by Crippen LogP contribution is -2.18. The van der Waals surface area contributed by atoms with Crippen molar-refractivity contribution in [2.75, 3.05) is 13.7 Å². The van der Waals surface area contributed by atoms with Crippen molar-refractivity contribution in [2.24, 2.45) is 0 Å². The summed E-state index contributed by atoms with van der Waals surface area (Å²) in [5, 5.41) is 9.61. The highest BCUT2D eigenvalue weighted by molar-refractivity contribution is 9.10. The standard InChI is InChI=1S/C23H31BrO3/c1-23(2,19-15-18(17-25)22(24)21(16-19)26-3)13-9-4-5-10-14-27-20-11-7-6-8-12-20/h6-8,11-12,15-16,25H,4-5,9-10,13-14,17H2,1-3H3. The van der Waals surface area contributed by atoms with E-state index >= 15 is 0 Å². The van der Waals surface area contributed by atoms with Gasteiger partial charge in [-0.3, -0.25) is 0 Å².